The molecule has 0 unspecified atom stereocenters. The zero-order valence-electron chi connectivity index (χ0n) is 13.6. The average Bonchev–Trinajstić information content (AvgIpc) is 2.50. The highest BCUT2D eigenvalue weighted by Gasteiger charge is 2.11. The first-order chi connectivity index (χ1) is 10.5. The van der Waals surface area contributed by atoms with Crippen LogP contribution in [0.15, 0.2) is 42.5 Å². The molecule has 0 fully saturated rings. The molecule has 3 heteroatoms. The summed E-state index contributed by atoms with van der Waals surface area (Å²) in [7, 11) is 1.63. The molecule has 0 radical (unpaired) electrons. The summed E-state index contributed by atoms with van der Waals surface area (Å²) in [6, 6.07) is 13.9. The summed E-state index contributed by atoms with van der Waals surface area (Å²) in [6.45, 7) is 6.19. The van der Waals surface area contributed by atoms with E-state index >= 15 is 0 Å². The van der Waals surface area contributed by atoms with Crippen molar-refractivity contribution in [3.63, 3.8) is 0 Å². The zero-order valence-corrected chi connectivity index (χ0v) is 13.6. The van der Waals surface area contributed by atoms with Crippen LogP contribution in [0.2, 0.25) is 0 Å². The molecule has 0 saturated carbocycles. The van der Waals surface area contributed by atoms with Crippen molar-refractivity contribution in [1.82, 2.24) is 5.32 Å². The molecule has 2 rings (SSSR count). The molecule has 0 spiro atoms. The molecule has 0 aliphatic carbocycles. The maximum atomic E-state index is 12.2. The monoisotopic (exact) mass is 297 g/mol. The molecule has 0 aliphatic rings. The highest BCUT2D eigenvalue weighted by Crippen LogP contribution is 2.17. The van der Waals surface area contributed by atoms with E-state index in [2.05, 4.69) is 37.4 Å². The van der Waals surface area contributed by atoms with Crippen LogP contribution in [0.1, 0.15) is 35.2 Å². The van der Waals surface area contributed by atoms with E-state index in [-0.39, 0.29) is 11.9 Å². The number of hydrogen-bond donors (Lipinski definition) is 1. The fraction of sp³-hybridized carbons (Fsp3) is 0.316. The Balaban J connectivity index is 1.96. The molecule has 0 saturated heterocycles. The van der Waals surface area contributed by atoms with Gasteiger partial charge in [-0.1, -0.05) is 30.3 Å². The van der Waals surface area contributed by atoms with Gasteiger partial charge in [-0.05, 0) is 55.2 Å². The van der Waals surface area contributed by atoms with E-state index < -0.39 is 0 Å². The minimum absolute atomic E-state index is 0.00467. The molecule has 1 N–H and O–H groups in total. The predicted octanol–water partition coefficient (Wildman–Crippen LogP) is 3.73. The van der Waals surface area contributed by atoms with Crippen LogP contribution in [-0.4, -0.2) is 13.0 Å². The Hall–Kier alpha value is -2.29. The van der Waals surface area contributed by atoms with Crippen LogP contribution in [0, 0.1) is 13.8 Å². The number of carbonyl (C=O) groups is 1. The molecule has 0 aliphatic heterocycles. The van der Waals surface area contributed by atoms with Crippen LogP contribution in [0.25, 0.3) is 0 Å². The predicted molar refractivity (Wildman–Crippen MR) is 89.2 cm³/mol. The summed E-state index contributed by atoms with van der Waals surface area (Å²) in [6.07, 6.45) is 0.374. The minimum atomic E-state index is 0.00467. The van der Waals surface area contributed by atoms with Crippen LogP contribution in [-0.2, 0) is 11.2 Å². The van der Waals surface area contributed by atoms with E-state index in [1.165, 1.54) is 11.1 Å². The van der Waals surface area contributed by atoms with E-state index in [0.717, 1.165) is 16.9 Å². The minimum Gasteiger partial charge on any atom is -0.497 e. The van der Waals surface area contributed by atoms with Gasteiger partial charge in [0.25, 0.3) is 0 Å². The lowest BCUT2D eigenvalue weighted by Gasteiger charge is -2.16. The molecule has 2 aromatic carbocycles. The van der Waals surface area contributed by atoms with Crippen molar-refractivity contribution in [3.8, 4) is 5.75 Å². The largest absolute Gasteiger partial charge is 0.497 e. The maximum Gasteiger partial charge on any atom is 0.224 e. The van der Waals surface area contributed by atoms with Gasteiger partial charge >= 0.3 is 0 Å². The molecular formula is C19H23NO2. The Labute approximate surface area is 132 Å². The van der Waals surface area contributed by atoms with Crippen LogP contribution in [0.4, 0.5) is 0 Å². The van der Waals surface area contributed by atoms with Gasteiger partial charge in [-0.2, -0.15) is 0 Å². The number of aryl methyl sites for hydroxylation is 2. The standard InChI is InChI=1S/C19H23NO2/c1-13-5-8-17(11-14(13)2)15(3)20-19(21)12-16-6-9-18(22-4)10-7-16/h5-11,15H,12H2,1-4H3,(H,20,21)/t15-/m1/s1. The Bertz CT molecular complexity index is 647. The lowest BCUT2D eigenvalue weighted by Crippen LogP contribution is -2.28. The Morgan fingerprint density at radius 1 is 1.09 bits per heavy atom. The van der Waals surface area contributed by atoms with Gasteiger partial charge in [-0.15, -0.1) is 0 Å². The normalized spacial score (nSPS) is 11.8. The highest BCUT2D eigenvalue weighted by molar-refractivity contribution is 5.79. The number of methoxy groups -OCH3 is 1. The van der Waals surface area contributed by atoms with Crippen LogP contribution >= 0.6 is 0 Å². The molecule has 1 atom stereocenters. The number of benzene rings is 2. The van der Waals surface area contributed by atoms with Crippen molar-refractivity contribution in [1.29, 1.82) is 0 Å². The molecule has 3 nitrogen and oxygen atoms in total. The zero-order chi connectivity index (χ0) is 16.1. The second-order valence-electron chi connectivity index (χ2n) is 5.66. The molecule has 0 heterocycles. The number of hydrogen-bond acceptors (Lipinski definition) is 2. The third kappa shape index (κ3) is 4.10. The second-order valence-corrected chi connectivity index (χ2v) is 5.66. The molecule has 116 valence electrons. The van der Waals surface area contributed by atoms with Gasteiger partial charge < -0.3 is 10.1 Å². The molecule has 22 heavy (non-hydrogen) atoms. The number of ether oxygens (including phenoxy) is 1. The van der Waals surface area contributed by atoms with E-state index in [1.807, 2.05) is 31.2 Å². The van der Waals surface area contributed by atoms with E-state index in [4.69, 9.17) is 4.74 Å². The van der Waals surface area contributed by atoms with Crippen molar-refractivity contribution in [2.24, 2.45) is 0 Å². The van der Waals surface area contributed by atoms with Gasteiger partial charge in [-0.25, -0.2) is 0 Å². The summed E-state index contributed by atoms with van der Waals surface area (Å²) < 4.78 is 5.12. The SMILES string of the molecule is COc1ccc(CC(=O)N[C@H](C)c2ccc(C)c(C)c2)cc1. The first kappa shape index (κ1) is 16.1. The molecule has 1 amide bonds. The molecule has 2 aromatic rings. The van der Waals surface area contributed by atoms with E-state index in [1.54, 1.807) is 7.11 Å². The first-order valence-electron chi connectivity index (χ1n) is 7.49. The van der Waals surface area contributed by atoms with Gasteiger partial charge in [0.15, 0.2) is 0 Å². The third-order valence-corrected chi connectivity index (χ3v) is 3.93. The van der Waals surface area contributed by atoms with E-state index in [9.17, 15) is 4.79 Å². The summed E-state index contributed by atoms with van der Waals surface area (Å²) in [5, 5.41) is 3.05. The van der Waals surface area contributed by atoms with E-state index in [0.29, 0.717) is 6.42 Å². The van der Waals surface area contributed by atoms with Crippen molar-refractivity contribution in [2.75, 3.05) is 7.11 Å². The van der Waals surface area contributed by atoms with Gasteiger partial charge in [0.2, 0.25) is 5.91 Å². The van der Waals surface area contributed by atoms with Crippen LogP contribution in [0.3, 0.4) is 0 Å². The molecule has 0 aromatic heterocycles. The molecule has 0 bridgehead atoms. The lowest BCUT2D eigenvalue weighted by atomic mass is 10.0. The summed E-state index contributed by atoms with van der Waals surface area (Å²) >= 11 is 0. The first-order valence-corrected chi connectivity index (χ1v) is 7.49. The van der Waals surface area contributed by atoms with Crippen LogP contribution < -0.4 is 10.1 Å². The number of rotatable bonds is 5. The van der Waals surface area contributed by atoms with Gasteiger partial charge in [0.1, 0.15) is 5.75 Å². The van der Waals surface area contributed by atoms with Gasteiger partial charge in [-0.3, -0.25) is 4.79 Å². The Kier molecular flexibility index (Phi) is 5.21. The van der Waals surface area contributed by atoms with Crippen LogP contribution in [0.5, 0.6) is 5.75 Å². The van der Waals surface area contributed by atoms with Gasteiger partial charge in [0, 0.05) is 0 Å². The summed E-state index contributed by atoms with van der Waals surface area (Å²) in [5.41, 5.74) is 4.62. The smallest absolute Gasteiger partial charge is 0.224 e. The fourth-order valence-electron chi connectivity index (χ4n) is 2.34. The Morgan fingerprint density at radius 2 is 1.77 bits per heavy atom. The van der Waals surface area contributed by atoms with Gasteiger partial charge in [0.05, 0.1) is 19.6 Å². The van der Waals surface area contributed by atoms with Crippen molar-refractivity contribution < 1.29 is 9.53 Å². The number of amides is 1. The summed E-state index contributed by atoms with van der Waals surface area (Å²) in [4.78, 5) is 12.2. The topological polar surface area (TPSA) is 38.3 Å². The molecular weight excluding hydrogens is 274 g/mol. The maximum absolute atomic E-state index is 12.2. The quantitative estimate of drug-likeness (QED) is 0.913. The van der Waals surface area contributed by atoms with Crippen molar-refractivity contribution >= 4 is 5.91 Å². The fourth-order valence-corrected chi connectivity index (χ4v) is 2.34. The highest BCUT2D eigenvalue weighted by atomic mass is 16.5. The number of nitrogens with one attached hydrogen (secondary N) is 1. The second kappa shape index (κ2) is 7.12. The van der Waals surface area contributed by atoms with Crippen molar-refractivity contribution in [3.05, 3.63) is 64.7 Å². The third-order valence-electron chi connectivity index (χ3n) is 3.93. The Morgan fingerprint density at radius 3 is 2.36 bits per heavy atom. The lowest BCUT2D eigenvalue weighted by molar-refractivity contribution is -0.121. The number of carbonyl (C=O) groups excluding carboxylic acids is 1. The van der Waals surface area contributed by atoms with Crippen molar-refractivity contribution in [2.45, 2.75) is 33.2 Å². The average molecular weight is 297 g/mol. The summed E-state index contributed by atoms with van der Waals surface area (Å²) in [5.74, 6) is 0.823.